The third kappa shape index (κ3) is 4.60. The Morgan fingerprint density at radius 2 is 1.52 bits per heavy atom. The maximum Gasteiger partial charge on any atom is 0.279 e. The van der Waals surface area contributed by atoms with Crippen LogP contribution in [0, 0.1) is 27.2 Å². The number of nitrogens with zero attached hydrogens (tertiary/aromatic N) is 3. The van der Waals surface area contributed by atoms with E-state index in [1.165, 1.54) is 18.3 Å². The number of amides is 1. The molecule has 164 valence electrons. The molecular weight excluding hydrogens is 444 g/mol. The molecule has 10 heteroatoms. The van der Waals surface area contributed by atoms with Gasteiger partial charge < -0.3 is 5.32 Å². The van der Waals surface area contributed by atoms with Crippen LogP contribution in [0.15, 0.2) is 72.1 Å². The molecule has 0 saturated carbocycles. The van der Waals surface area contributed by atoms with Gasteiger partial charge in [0.05, 0.1) is 21.1 Å². The SMILES string of the molecule is Cc1c([N+](=O)[O-])cc(C(=O)Nc2ccc(-c3csc(-c4ccccc4)n3)cc2)cc1[N+](=O)[O-]. The molecule has 0 aliphatic carbocycles. The summed E-state index contributed by atoms with van der Waals surface area (Å²) in [5.74, 6) is -0.686. The molecule has 3 aromatic carbocycles. The van der Waals surface area contributed by atoms with Gasteiger partial charge >= 0.3 is 0 Å². The maximum atomic E-state index is 12.6. The number of aromatic nitrogens is 1. The smallest absolute Gasteiger partial charge is 0.279 e. The topological polar surface area (TPSA) is 128 Å². The van der Waals surface area contributed by atoms with Crippen molar-refractivity contribution < 1.29 is 14.6 Å². The molecule has 0 unspecified atom stereocenters. The van der Waals surface area contributed by atoms with Crippen LogP contribution >= 0.6 is 11.3 Å². The highest BCUT2D eigenvalue weighted by Gasteiger charge is 2.25. The Balaban J connectivity index is 1.54. The Morgan fingerprint density at radius 1 is 0.909 bits per heavy atom. The van der Waals surface area contributed by atoms with Gasteiger partial charge in [0.1, 0.15) is 10.6 Å². The van der Waals surface area contributed by atoms with E-state index in [2.05, 4.69) is 10.3 Å². The first kappa shape index (κ1) is 21.8. The van der Waals surface area contributed by atoms with E-state index >= 15 is 0 Å². The Morgan fingerprint density at radius 3 is 2.09 bits per heavy atom. The first-order valence-electron chi connectivity index (χ1n) is 9.69. The van der Waals surface area contributed by atoms with E-state index < -0.39 is 27.1 Å². The van der Waals surface area contributed by atoms with Crippen LogP contribution in [0.5, 0.6) is 0 Å². The minimum absolute atomic E-state index is 0.107. The van der Waals surface area contributed by atoms with Crippen LogP contribution in [0.4, 0.5) is 17.1 Å². The van der Waals surface area contributed by atoms with Gasteiger partial charge in [-0.2, -0.15) is 0 Å². The Labute approximate surface area is 191 Å². The fraction of sp³-hybridized carbons (Fsp3) is 0.0435. The Hall–Kier alpha value is -4.44. The van der Waals surface area contributed by atoms with Crippen LogP contribution < -0.4 is 5.32 Å². The number of anilines is 1. The predicted molar refractivity (Wildman–Crippen MR) is 125 cm³/mol. The summed E-state index contributed by atoms with van der Waals surface area (Å²) in [4.78, 5) is 38.3. The first-order valence-corrected chi connectivity index (χ1v) is 10.6. The highest BCUT2D eigenvalue weighted by molar-refractivity contribution is 7.13. The molecule has 1 aromatic heterocycles. The number of benzene rings is 3. The van der Waals surface area contributed by atoms with E-state index in [4.69, 9.17) is 0 Å². The number of carbonyl (C=O) groups is 1. The second-order valence-electron chi connectivity index (χ2n) is 7.09. The van der Waals surface area contributed by atoms with Gasteiger partial charge in [-0.05, 0) is 19.1 Å². The van der Waals surface area contributed by atoms with E-state index in [-0.39, 0.29) is 11.1 Å². The number of nitrogens with one attached hydrogen (secondary N) is 1. The lowest BCUT2D eigenvalue weighted by molar-refractivity contribution is -0.395. The average molecular weight is 460 g/mol. The highest BCUT2D eigenvalue weighted by atomic mass is 32.1. The molecule has 0 aliphatic heterocycles. The maximum absolute atomic E-state index is 12.6. The highest BCUT2D eigenvalue weighted by Crippen LogP contribution is 2.31. The van der Waals surface area contributed by atoms with Crippen molar-refractivity contribution in [2.45, 2.75) is 6.92 Å². The number of hydrogen-bond acceptors (Lipinski definition) is 7. The number of hydrogen-bond donors (Lipinski definition) is 1. The van der Waals surface area contributed by atoms with Gasteiger partial charge in [0.15, 0.2) is 0 Å². The standard InChI is InChI=1S/C23H16N4O5S/c1-14-20(26(29)30)11-17(12-21(14)27(31)32)22(28)24-18-9-7-15(8-10-18)19-13-33-23(25-19)16-5-3-2-4-6-16/h2-13H,1H3,(H,24,28). The third-order valence-electron chi connectivity index (χ3n) is 4.97. The normalized spacial score (nSPS) is 10.6. The Bertz CT molecular complexity index is 1330. The number of nitro benzene ring substituents is 2. The number of rotatable bonds is 6. The molecule has 1 heterocycles. The van der Waals surface area contributed by atoms with Gasteiger partial charge in [-0.3, -0.25) is 25.0 Å². The molecule has 0 fully saturated rings. The molecule has 1 amide bonds. The van der Waals surface area contributed by atoms with Crippen LogP contribution in [0.2, 0.25) is 0 Å². The van der Waals surface area contributed by atoms with Crippen molar-refractivity contribution in [3.63, 3.8) is 0 Å². The zero-order chi connectivity index (χ0) is 23.5. The van der Waals surface area contributed by atoms with Gasteiger partial charge in [0.25, 0.3) is 17.3 Å². The van der Waals surface area contributed by atoms with Crippen LogP contribution in [-0.4, -0.2) is 20.7 Å². The number of nitro groups is 2. The lowest BCUT2D eigenvalue weighted by Gasteiger charge is -2.07. The van der Waals surface area contributed by atoms with Gasteiger partial charge in [-0.15, -0.1) is 11.3 Å². The molecular formula is C23H16N4O5S. The van der Waals surface area contributed by atoms with Crippen molar-refractivity contribution in [2.75, 3.05) is 5.32 Å². The molecule has 1 N–H and O–H groups in total. The summed E-state index contributed by atoms with van der Waals surface area (Å²) in [6.07, 6.45) is 0. The zero-order valence-corrected chi connectivity index (χ0v) is 18.0. The summed E-state index contributed by atoms with van der Waals surface area (Å²) in [6, 6.07) is 18.8. The lowest BCUT2D eigenvalue weighted by atomic mass is 10.1. The molecule has 33 heavy (non-hydrogen) atoms. The summed E-state index contributed by atoms with van der Waals surface area (Å²) in [7, 11) is 0. The van der Waals surface area contributed by atoms with Crippen molar-refractivity contribution in [3.05, 3.63) is 103 Å². The van der Waals surface area contributed by atoms with E-state index in [1.807, 2.05) is 35.7 Å². The summed E-state index contributed by atoms with van der Waals surface area (Å²) in [6.45, 7) is 1.28. The van der Waals surface area contributed by atoms with Crippen LogP contribution in [0.25, 0.3) is 21.8 Å². The first-order chi connectivity index (χ1) is 15.8. The van der Waals surface area contributed by atoms with Crippen LogP contribution in [0.1, 0.15) is 15.9 Å². The van der Waals surface area contributed by atoms with Crippen molar-refractivity contribution in [1.82, 2.24) is 4.98 Å². The molecule has 0 atom stereocenters. The predicted octanol–water partition coefficient (Wildman–Crippen LogP) is 5.85. The molecule has 0 spiro atoms. The Kier molecular flexibility index (Phi) is 5.92. The summed E-state index contributed by atoms with van der Waals surface area (Å²) >= 11 is 1.53. The summed E-state index contributed by atoms with van der Waals surface area (Å²) in [5, 5.41) is 27.9. The van der Waals surface area contributed by atoms with Gasteiger partial charge in [0, 0.05) is 34.3 Å². The molecule has 0 aliphatic rings. The molecule has 0 saturated heterocycles. The van der Waals surface area contributed by atoms with Gasteiger partial charge in [-0.1, -0.05) is 42.5 Å². The monoisotopic (exact) mass is 460 g/mol. The second-order valence-corrected chi connectivity index (χ2v) is 7.95. The van der Waals surface area contributed by atoms with Crippen molar-refractivity contribution in [1.29, 1.82) is 0 Å². The third-order valence-corrected chi connectivity index (χ3v) is 5.86. The van der Waals surface area contributed by atoms with Crippen molar-refractivity contribution >= 4 is 34.3 Å². The van der Waals surface area contributed by atoms with Crippen LogP contribution in [-0.2, 0) is 0 Å². The number of thiazole rings is 1. The van der Waals surface area contributed by atoms with Crippen LogP contribution in [0.3, 0.4) is 0 Å². The fourth-order valence-corrected chi connectivity index (χ4v) is 4.08. The average Bonchev–Trinajstić information content (AvgIpc) is 3.30. The largest absolute Gasteiger partial charge is 0.322 e. The quantitative estimate of drug-likeness (QED) is 0.284. The second kappa shape index (κ2) is 8.97. The molecule has 0 bridgehead atoms. The van der Waals surface area contributed by atoms with E-state index in [0.717, 1.165) is 34.0 Å². The van der Waals surface area contributed by atoms with E-state index in [9.17, 15) is 25.0 Å². The molecule has 4 rings (SSSR count). The summed E-state index contributed by atoms with van der Waals surface area (Å²) in [5.41, 5.74) is 1.87. The van der Waals surface area contributed by atoms with Crippen molar-refractivity contribution in [2.24, 2.45) is 0 Å². The number of carbonyl (C=O) groups excluding carboxylic acids is 1. The molecule has 9 nitrogen and oxygen atoms in total. The van der Waals surface area contributed by atoms with E-state index in [0.29, 0.717) is 5.69 Å². The molecule has 0 radical (unpaired) electrons. The summed E-state index contributed by atoms with van der Waals surface area (Å²) < 4.78 is 0. The zero-order valence-electron chi connectivity index (χ0n) is 17.2. The minimum Gasteiger partial charge on any atom is -0.322 e. The minimum atomic E-state index is -0.745. The molecule has 4 aromatic rings. The fourth-order valence-electron chi connectivity index (χ4n) is 3.24. The van der Waals surface area contributed by atoms with Gasteiger partial charge in [0.2, 0.25) is 0 Å². The van der Waals surface area contributed by atoms with E-state index in [1.54, 1.807) is 24.3 Å². The lowest BCUT2D eigenvalue weighted by Crippen LogP contribution is -2.13. The van der Waals surface area contributed by atoms with Crippen molar-refractivity contribution in [3.8, 4) is 21.8 Å². The van der Waals surface area contributed by atoms with Gasteiger partial charge in [-0.25, -0.2) is 4.98 Å².